The van der Waals surface area contributed by atoms with Crippen molar-refractivity contribution in [2.45, 2.75) is 13.3 Å². The van der Waals surface area contributed by atoms with Crippen LogP contribution in [0.25, 0.3) is 0 Å². The van der Waals surface area contributed by atoms with Crippen molar-refractivity contribution in [1.82, 2.24) is 10.2 Å². The standard InChI is InChI=1S/C23H29N3O6/c1-5-11-26(15-21(28)24-14-20(27)25-17-9-7-6-8-10-17)23(29)16-12-18(30-2)22(32-4)19(13-16)31-3/h6-10,12-13H,5,11,14-15H2,1-4H3,(H,24,28)(H,25,27). The number of benzene rings is 2. The van der Waals surface area contributed by atoms with Gasteiger partial charge in [-0.05, 0) is 30.7 Å². The zero-order valence-electron chi connectivity index (χ0n) is 18.8. The molecule has 2 aromatic carbocycles. The number of carbonyl (C=O) groups is 3. The van der Waals surface area contributed by atoms with Crippen LogP contribution in [-0.2, 0) is 9.59 Å². The molecule has 0 aliphatic heterocycles. The molecule has 0 unspecified atom stereocenters. The van der Waals surface area contributed by atoms with Crippen LogP contribution in [0.3, 0.4) is 0 Å². The first-order valence-electron chi connectivity index (χ1n) is 10.1. The van der Waals surface area contributed by atoms with Crippen LogP contribution in [0.15, 0.2) is 42.5 Å². The Morgan fingerprint density at radius 2 is 1.53 bits per heavy atom. The van der Waals surface area contributed by atoms with Gasteiger partial charge in [0.1, 0.15) is 0 Å². The lowest BCUT2D eigenvalue weighted by Crippen LogP contribution is -2.43. The van der Waals surface area contributed by atoms with Gasteiger partial charge < -0.3 is 29.7 Å². The molecule has 0 aliphatic rings. The molecule has 0 radical (unpaired) electrons. The van der Waals surface area contributed by atoms with Crippen LogP contribution in [0.5, 0.6) is 17.2 Å². The number of carbonyl (C=O) groups excluding carboxylic acids is 3. The molecule has 2 aromatic rings. The maximum atomic E-state index is 13.1. The molecule has 0 bridgehead atoms. The summed E-state index contributed by atoms with van der Waals surface area (Å²) in [6.45, 7) is 1.87. The van der Waals surface area contributed by atoms with Crippen molar-refractivity contribution in [2.24, 2.45) is 0 Å². The summed E-state index contributed by atoms with van der Waals surface area (Å²) in [4.78, 5) is 39.0. The second kappa shape index (κ2) is 12.2. The third-order valence-corrected chi connectivity index (χ3v) is 4.53. The molecule has 0 heterocycles. The van der Waals surface area contributed by atoms with Crippen LogP contribution < -0.4 is 24.8 Å². The monoisotopic (exact) mass is 443 g/mol. The Balaban J connectivity index is 2.05. The first kappa shape index (κ1) is 24.5. The van der Waals surface area contributed by atoms with Crippen molar-refractivity contribution in [2.75, 3.05) is 46.3 Å². The largest absolute Gasteiger partial charge is 0.493 e. The molecule has 0 saturated carbocycles. The molecule has 2 N–H and O–H groups in total. The molecule has 9 nitrogen and oxygen atoms in total. The van der Waals surface area contributed by atoms with Gasteiger partial charge in [0.2, 0.25) is 17.6 Å². The van der Waals surface area contributed by atoms with E-state index in [1.807, 2.05) is 13.0 Å². The predicted molar refractivity (Wildman–Crippen MR) is 120 cm³/mol. The van der Waals surface area contributed by atoms with Crippen molar-refractivity contribution >= 4 is 23.4 Å². The highest BCUT2D eigenvalue weighted by molar-refractivity contribution is 5.99. The van der Waals surface area contributed by atoms with E-state index in [-0.39, 0.29) is 24.9 Å². The van der Waals surface area contributed by atoms with Crippen molar-refractivity contribution in [3.05, 3.63) is 48.0 Å². The SMILES string of the molecule is CCCN(CC(=O)NCC(=O)Nc1ccccc1)C(=O)c1cc(OC)c(OC)c(OC)c1. The molecule has 3 amide bonds. The lowest BCUT2D eigenvalue weighted by Gasteiger charge is -2.22. The highest BCUT2D eigenvalue weighted by Crippen LogP contribution is 2.38. The zero-order chi connectivity index (χ0) is 23.5. The minimum Gasteiger partial charge on any atom is -0.493 e. The van der Waals surface area contributed by atoms with Crippen LogP contribution in [0.1, 0.15) is 23.7 Å². The van der Waals surface area contributed by atoms with Gasteiger partial charge in [-0.3, -0.25) is 14.4 Å². The molecule has 2 rings (SSSR count). The summed E-state index contributed by atoms with van der Waals surface area (Å²) in [5, 5.41) is 5.23. The van der Waals surface area contributed by atoms with Gasteiger partial charge in [0.15, 0.2) is 11.5 Å². The Morgan fingerprint density at radius 1 is 0.906 bits per heavy atom. The van der Waals surface area contributed by atoms with Gasteiger partial charge >= 0.3 is 0 Å². The zero-order valence-corrected chi connectivity index (χ0v) is 18.8. The number of para-hydroxylation sites is 1. The predicted octanol–water partition coefficient (Wildman–Crippen LogP) is 2.32. The van der Waals surface area contributed by atoms with Crippen LogP contribution >= 0.6 is 0 Å². The molecule has 32 heavy (non-hydrogen) atoms. The second-order valence-electron chi connectivity index (χ2n) is 6.83. The Hall–Kier alpha value is -3.75. The molecule has 0 aromatic heterocycles. The Labute approximate surface area is 187 Å². The molecular formula is C23H29N3O6. The minimum absolute atomic E-state index is 0.193. The normalized spacial score (nSPS) is 10.1. The summed E-state index contributed by atoms with van der Waals surface area (Å²) >= 11 is 0. The lowest BCUT2D eigenvalue weighted by molar-refractivity contribution is -0.124. The van der Waals surface area contributed by atoms with Gasteiger partial charge in [-0.2, -0.15) is 0 Å². The number of methoxy groups -OCH3 is 3. The van der Waals surface area contributed by atoms with Gasteiger partial charge in [-0.15, -0.1) is 0 Å². The van der Waals surface area contributed by atoms with Crippen molar-refractivity contribution in [3.8, 4) is 17.2 Å². The topological polar surface area (TPSA) is 106 Å². The number of nitrogens with one attached hydrogen (secondary N) is 2. The quantitative estimate of drug-likeness (QED) is 0.552. The van der Waals surface area contributed by atoms with E-state index in [2.05, 4.69) is 10.6 Å². The van der Waals surface area contributed by atoms with E-state index in [9.17, 15) is 14.4 Å². The minimum atomic E-state index is -0.442. The van der Waals surface area contributed by atoms with E-state index in [1.54, 1.807) is 24.3 Å². The van der Waals surface area contributed by atoms with Crippen LogP contribution in [-0.4, -0.2) is 63.6 Å². The van der Waals surface area contributed by atoms with E-state index in [4.69, 9.17) is 14.2 Å². The molecule has 0 aliphatic carbocycles. The number of amides is 3. The Bertz CT molecular complexity index is 908. The highest BCUT2D eigenvalue weighted by Gasteiger charge is 2.22. The van der Waals surface area contributed by atoms with E-state index >= 15 is 0 Å². The van der Waals surface area contributed by atoms with E-state index in [0.717, 1.165) is 0 Å². The lowest BCUT2D eigenvalue weighted by atomic mass is 10.1. The summed E-state index contributed by atoms with van der Waals surface area (Å²) < 4.78 is 15.9. The first-order chi connectivity index (χ1) is 15.4. The molecule has 172 valence electrons. The maximum absolute atomic E-state index is 13.1. The van der Waals surface area contributed by atoms with Crippen LogP contribution in [0.2, 0.25) is 0 Å². The first-order valence-corrected chi connectivity index (χ1v) is 10.1. The Kier molecular flexibility index (Phi) is 9.34. The molecule has 0 spiro atoms. The molecule has 0 saturated heterocycles. The highest BCUT2D eigenvalue weighted by atomic mass is 16.5. The fraction of sp³-hybridized carbons (Fsp3) is 0.348. The summed E-state index contributed by atoms with van der Waals surface area (Å²) in [6.07, 6.45) is 0.651. The third kappa shape index (κ3) is 6.63. The maximum Gasteiger partial charge on any atom is 0.254 e. The van der Waals surface area contributed by atoms with Crippen molar-refractivity contribution < 1.29 is 28.6 Å². The summed E-state index contributed by atoms with van der Waals surface area (Å²) in [7, 11) is 4.40. The number of nitrogens with zero attached hydrogens (tertiary/aromatic N) is 1. The molecule has 0 atom stereocenters. The summed E-state index contributed by atoms with van der Waals surface area (Å²) in [5.41, 5.74) is 0.930. The fourth-order valence-corrected chi connectivity index (χ4v) is 3.04. The van der Waals surface area contributed by atoms with E-state index in [0.29, 0.717) is 41.5 Å². The number of ether oxygens (including phenoxy) is 3. The van der Waals surface area contributed by atoms with Gasteiger partial charge in [-0.1, -0.05) is 25.1 Å². The molecule has 0 fully saturated rings. The van der Waals surface area contributed by atoms with Gasteiger partial charge in [0, 0.05) is 17.8 Å². The number of hydrogen-bond acceptors (Lipinski definition) is 6. The number of rotatable bonds is 11. The van der Waals surface area contributed by atoms with Crippen LogP contribution in [0.4, 0.5) is 5.69 Å². The number of hydrogen-bond donors (Lipinski definition) is 2. The van der Waals surface area contributed by atoms with Gasteiger partial charge in [0.05, 0.1) is 34.4 Å². The van der Waals surface area contributed by atoms with E-state index in [1.165, 1.54) is 38.4 Å². The second-order valence-corrected chi connectivity index (χ2v) is 6.83. The number of anilines is 1. The molecular weight excluding hydrogens is 414 g/mol. The summed E-state index contributed by atoms with van der Waals surface area (Å²) in [6, 6.07) is 12.0. The average Bonchev–Trinajstić information content (AvgIpc) is 2.81. The van der Waals surface area contributed by atoms with Crippen molar-refractivity contribution in [1.29, 1.82) is 0 Å². The fourth-order valence-electron chi connectivity index (χ4n) is 3.04. The summed E-state index contributed by atoms with van der Waals surface area (Å²) in [5.74, 6) is -0.113. The van der Waals surface area contributed by atoms with Gasteiger partial charge in [0.25, 0.3) is 5.91 Å². The van der Waals surface area contributed by atoms with Crippen molar-refractivity contribution in [3.63, 3.8) is 0 Å². The van der Waals surface area contributed by atoms with Crippen LogP contribution in [0, 0.1) is 0 Å². The van der Waals surface area contributed by atoms with Gasteiger partial charge in [-0.25, -0.2) is 0 Å². The molecule has 9 heteroatoms. The van der Waals surface area contributed by atoms with E-state index < -0.39 is 5.91 Å². The Morgan fingerprint density at radius 3 is 2.06 bits per heavy atom. The average molecular weight is 444 g/mol. The smallest absolute Gasteiger partial charge is 0.254 e. The third-order valence-electron chi connectivity index (χ3n) is 4.53.